The second-order valence-electron chi connectivity index (χ2n) is 3.98. The zero-order valence-electron chi connectivity index (χ0n) is 9.03. The maximum atomic E-state index is 9.36. The quantitative estimate of drug-likeness (QED) is 0.875. The molecule has 0 amide bonds. The van der Waals surface area contributed by atoms with E-state index in [1.807, 2.05) is 36.0 Å². The third-order valence-electron chi connectivity index (χ3n) is 2.95. The molecule has 16 heavy (non-hydrogen) atoms. The molecule has 1 aromatic rings. The van der Waals surface area contributed by atoms with E-state index in [0.29, 0.717) is 10.3 Å². The van der Waals surface area contributed by atoms with Crippen LogP contribution in [0.3, 0.4) is 0 Å². The normalized spacial score (nSPS) is 28.7. The van der Waals surface area contributed by atoms with Crippen molar-refractivity contribution in [1.82, 2.24) is 0 Å². The Hall–Kier alpha value is -0.850. The Morgan fingerprint density at radius 1 is 1.62 bits per heavy atom. The van der Waals surface area contributed by atoms with Crippen molar-refractivity contribution in [3.63, 3.8) is 0 Å². The van der Waals surface area contributed by atoms with Crippen molar-refractivity contribution >= 4 is 29.1 Å². The number of nitrogens with zero attached hydrogens (tertiary/aromatic N) is 1. The first kappa shape index (κ1) is 11.6. The van der Waals surface area contributed by atoms with Crippen LogP contribution in [-0.4, -0.2) is 16.5 Å². The lowest BCUT2D eigenvalue weighted by Crippen LogP contribution is -2.41. The molecule has 0 aromatic heterocycles. The Morgan fingerprint density at radius 2 is 2.44 bits per heavy atom. The monoisotopic (exact) mass is 252 g/mol. The summed E-state index contributed by atoms with van der Waals surface area (Å²) in [4.78, 5) is 0. The lowest BCUT2D eigenvalue weighted by molar-refractivity contribution is 0.592. The van der Waals surface area contributed by atoms with Gasteiger partial charge in [-0.2, -0.15) is 17.0 Å². The van der Waals surface area contributed by atoms with E-state index in [-0.39, 0.29) is 0 Å². The molecular formula is C12H13ClN2S. The number of anilines is 1. The molecule has 2 nitrogen and oxygen atoms in total. The van der Waals surface area contributed by atoms with Crippen LogP contribution in [0.1, 0.15) is 13.3 Å². The van der Waals surface area contributed by atoms with E-state index in [0.717, 1.165) is 17.9 Å². The molecule has 0 saturated carbocycles. The molecule has 2 unspecified atom stereocenters. The van der Waals surface area contributed by atoms with E-state index in [1.165, 1.54) is 0 Å². The number of halogens is 1. The van der Waals surface area contributed by atoms with E-state index < -0.39 is 5.54 Å². The SMILES string of the molecule is CC1SCCC1(C#N)Nc1cccc(Cl)c1. The molecule has 1 aliphatic heterocycles. The van der Waals surface area contributed by atoms with Gasteiger partial charge in [-0.25, -0.2) is 0 Å². The van der Waals surface area contributed by atoms with Gasteiger partial charge in [0.05, 0.1) is 6.07 Å². The molecule has 4 heteroatoms. The molecule has 1 saturated heterocycles. The summed E-state index contributed by atoms with van der Waals surface area (Å²) in [5, 5.41) is 13.7. The van der Waals surface area contributed by atoms with Crippen molar-refractivity contribution in [3.8, 4) is 6.07 Å². The lowest BCUT2D eigenvalue weighted by atomic mass is 9.94. The lowest BCUT2D eigenvalue weighted by Gasteiger charge is -2.27. The van der Waals surface area contributed by atoms with E-state index in [4.69, 9.17) is 11.6 Å². The average molecular weight is 253 g/mol. The minimum atomic E-state index is -0.449. The first-order valence-corrected chi connectivity index (χ1v) is 6.65. The number of rotatable bonds is 2. The van der Waals surface area contributed by atoms with E-state index >= 15 is 0 Å². The zero-order chi connectivity index (χ0) is 11.6. The minimum Gasteiger partial charge on any atom is -0.366 e. The fourth-order valence-corrected chi connectivity index (χ4v) is 3.40. The van der Waals surface area contributed by atoms with Gasteiger partial charge in [-0.05, 0) is 37.3 Å². The first-order valence-electron chi connectivity index (χ1n) is 5.23. The first-order chi connectivity index (χ1) is 7.66. The highest BCUT2D eigenvalue weighted by Crippen LogP contribution is 2.38. The Kier molecular flexibility index (Phi) is 3.32. The van der Waals surface area contributed by atoms with Crippen LogP contribution in [0.2, 0.25) is 5.02 Å². The van der Waals surface area contributed by atoms with Crippen molar-refractivity contribution in [3.05, 3.63) is 29.3 Å². The third kappa shape index (κ3) is 2.14. The van der Waals surface area contributed by atoms with Crippen molar-refractivity contribution in [2.24, 2.45) is 0 Å². The summed E-state index contributed by atoms with van der Waals surface area (Å²) >= 11 is 7.76. The Balaban J connectivity index is 2.23. The van der Waals surface area contributed by atoms with Gasteiger partial charge in [0.2, 0.25) is 0 Å². The minimum absolute atomic E-state index is 0.302. The predicted molar refractivity (Wildman–Crippen MR) is 70.0 cm³/mol. The zero-order valence-corrected chi connectivity index (χ0v) is 10.6. The van der Waals surface area contributed by atoms with Crippen molar-refractivity contribution in [2.45, 2.75) is 24.1 Å². The van der Waals surface area contributed by atoms with Crippen LogP contribution < -0.4 is 5.32 Å². The fraction of sp³-hybridized carbons (Fsp3) is 0.417. The highest BCUT2D eigenvalue weighted by Gasteiger charge is 2.41. The van der Waals surface area contributed by atoms with Gasteiger partial charge in [0, 0.05) is 16.0 Å². The van der Waals surface area contributed by atoms with Gasteiger partial charge < -0.3 is 5.32 Å². The molecule has 2 atom stereocenters. The molecule has 1 aromatic carbocycles. The van der Waals surface area contributed by atoms with Gasteiger partial charge in [0.15, 0.2) is 0 Å². The van der Waals surface area contributed by atoms with Crippen LogP contribution in [0.5, 0.6) is 0 Å². The molecule has 0 aliphatic carbocycles. The maximum Gasteiger partial charge on any atom is 0.137 e. The van der Waals surface area contributed by atoms with Crippen molar-refractivity contribution in [1.29, 1.82) is 5.26 Å². The number of nitrogens with one attached hydrogen (secondary N) is 1. The second-order valence-corrected chi connectivity index (χ2v) is 5.87. The summed E-state index contributed by atoms with van der Waals surface area (Å²) in [7, 11) is 0. The topological polar surface area (TPSA) is 35.8 Å². The molecule has 1 fully saturated rings. The van der Waals surface area contributed by atoms with Gasteiger partial charge in [-0.15, -0.1) is 0 Å². The summed E-state index contributed by atoms with van der Waals surface area (Å²) < 4.78 is 0. The number of hydrogen-bond donors (Lipinski definition) is 1. The Morgan fingerprint density at radius 3 is 3.00 bits per heavy atom. The number of thioether (sulfide) groups is 1. The van der Waals surface area contributed by atoms with Gasteiger partial charge in [-0.3, -0.25) is 0 Å². The predicted octanol–water partition coefficient (Wildman–Crippen LogP) is 3.54. The molecule has 84 valence electrons. The van der Waals surface area contributed by atoms with Crippen LogP contribution in [0, 0.1) is 11.3 Å². The van der Waals surface area contributed by atoms with Crippen LogP contribution in [0.15, 0.2) is 24.3 Å². The van der Waals surface area contributed by atoms with Crippen LogP contribution in [0.4, 0.5) is 5.69 Å². The van der Waals surface area contributed by atoms with Crippen LogP contribution in [0.25, 0.3) is 0 Å². The Labute approximate surface area is 105 Å². The molecule has 2 rings (SSSR count). The van der Waals surface area contributed by atoms with Crippen LogP contribution >= 0.6 is 23.4 Å². The average Bonchev–Trinajstić information content (AvgIpc) is 2.61. The molecular weight excluding hydrogens is 240 g/mol. The van der Waals surface area contributed by atoms with E-state index in [1.54, 1.807) is 0 Å². The largest absolute Gasteiger partial charge is 0.366 e. The summed E-state index contributed by atoms with van der Waals surface area (Å²) in [6.07, 6.45) is 0.877. The number of benzene rings is 1. The standard InChI is InChI=1S/C12H13ClN2S/c1-9-12(8-14,5-6-16-9)15-11-4-2-3-10(13)7-11/h2-4,7,9,15H,5-6H2,1H3. The number of nitriles is 1. The van der Waals surface area contributed by atoms with Crippen molar-refractivity contribution < 1.29 is 0 Å². The molecule has 0 bridgehead atoms. The third-order valence-corrected chi connectivity index (χ3v) is 4.53. The molecule has 0 spiro atoms. The maximum absolute atomic E-state index is 9.36. The highest BCUT2D eigenvalue weighted by atomic mass is 35.5. The fourth-order valence-electron chi connectivity index (χ4n) is 1.90. The summed E-state index contributed by atoms with van der Waals surface area (Å²) in [5.74, 6) is 1.03. The van der Waals surface area contributed by atoms with Gasteiger partial charge in [0.25, 0.3) is 0 Å². The van der Waals surface area contributed by atoms with Gasteiger partial charge in [-0.1, -0.05) is 17.7 Å². The molecule has 0 radical (unpaired) electrons. The van der Waals surface area contributed by atoms with Crippen LogP contribution in [-0.2, 0) is 0 Å². The molecule has 1 N–H and O–H groups in total. The smallest absolute Gasteiger partial charge is 0.137 e. The molecule has 1 heterocycles. The van der Waals surface area contributed by atoms with Gasteiger partial charge in [0.1, 0.15) is 5.54 Å². The second kappa shape index (κ2) is 4.57. The van der Waals surface area contributed by atoms with Crippen molar-refractivity contribution in [2.75, 3.05) is 11.1 Å². The summed E-state index contributed by atoms with van der Waals surface area (Å²) in [5.41, 5.74) is 0.471. The summed E-state index contributed by atoms with van der Waals surface area (Å²) in [6, 6.07) is 9.95. The van der Waals surface area contributed by atoms with E-state index in [2.05, 4.69) is 18.3 Å². The molecule has 1 aliphatic rings. The van der Waals surface area contributed by atoms with Gasteiger partial charge >= 0.3 is 0 Å². The number of hydrogen-bond acceptors (Lipinski definition) is 3. The Bertz CT molecular complexity index is 429. The summed E-state index contributed by atoms with van der Waals surface area (Å²) in [6.45, 7) is 2.10. The van der Waals surface area contributed by atoms with E-state index in [9.17, 15) is 5.26 Å². The highest BCUT2D eigenvalue weighted by molar-refractivity contribution is 8.00.